The van der Waals surface area contributed by atoms with Gasteiger partial charge in [0.05, 0.1) is 18.1 Å². The highest BCUT2D eigenvalue weighted by Crippen LogP contribution is 2.26. The highest BCUT2D eigenvalue weighted by atomic mass is 19.1. The summed E-state index contributed by atoms with van der Waals surface area (Å²) in [4.78, 5) is 11.9. The highest BCUT2D eigenvalue weighted by molar-refractivity contribution is 5.90. The van der Waals surface area contributed by atoms with E-state index in [0.717, 1.165) is 12.8 Å². The number of hydrogen-bond donors (Lipinski definition) is 3. The van der Waals surface area contributed by atoms with E-state index in [1.807, 2.05) is 0 Å². The molecule has 1 aliphatic rings. The van der Waals surface area contributed by atoms with Crippen LogP contribution in [-0.2, 0) is 0 Å². The number of benzene rings is 1. The summed E-state index contributed by atoms with van der Waals surface area (Å²) in [5.41, 5.74) is 0.786. The van der Waals surface area contributed by atoms with Crippen LogP contribution >= 0.6 is 0 Å². The van der Waals surface area contributed by atoms with Gasteiger partial charge in [-0.3, -0.25) is 0 Å². The predicted molar refractivity (Wildman–Crippen MR) is 84.5 cm³/mol. The quantitative estimate of drug-likeness (QED) is 0.809. The number of amides is 2. The molecular weight excluding hydrogens is 299 g/mol. The molecule has 0 unspecified atom stereocenters. The number of anilines is 1. The summed E-state index contributed by atoms with van der Waals surface area (Å²) in [6, 6.07) is 7.48. The molecule has 1 aliphatic carbocycles. The minimum absolute atomic E-state index is 0.0999. The topological polar surface area (TPSA) is 74.5 Å². The molecule has 2 atom stereocenters. The lowest BCUT2D eigenvalue weighted by Gasteiger charge is -2.12. The summed E-state index contributed by atoms with van der Waals surface area (Å²) >= 11 is 0. The number of rotatable bonds is 4. The third-order valence-electron chi connectivity index (χ3n) is 4.09. The summed E-state index contributed by atoms with van der Waals surface area (Å²) in [7, 11) is 0. The van der Waals surface area contributed by atoms with Gasteiger partial charge in [-0.2, -0.15) is 0 Å². The zero-order valence-corrected chi connectivity index (χ0v) is 12.6. The van der Waals surface area contributed by atoms with Gasteiger partial charge in [0, 0.05) is 12.1 Å². The van der Waals surface area contributed by atoms with Crippen molar-refractivity contribution in [3.63, 3.8) is 0 Å². The Balaban J connectivity index is 1.60. The van der Waals surface area contributed by atoms with Crippen LogP contribution in [0.15, 0.2) is 41.0 Å². The zero-order chi connectivity index (χ0) is 16.2. The Morgan fingerprint density at radius 3 is 2.91 bits per heavy atom. The number of nitrogens with one attached hydrogen (secondary N) is 2. The van der Waals surface area contributed by atoms with E-state index < -0.39 is 11.8 Å². The molecule has 0 bridgehead atoms. The van der Waals surface area contributed by atoms with Gasteiger partial charge in [0.25, 0.3) is 0 Å². The molecule has 1 aromatic heterocycles. The van der Waals surface area contributed by atoms with E-state index in [-0.39, 0.29) is 17.7 Å². The molecule has 6 heteroatoms. The molecule has 1 heterocycles. The Bertz CT molecular complexity index is 672. The van der Waals surface area contributed by atoms with E-state index in [4.69, 9.17) is 4.42 Å². The SMILES string of the molecule is O=C(NC[C@H]1CC[C@@H](O)C1)Nc1cc(-c2ccco2)ccc1F. The molecule has 0 radical (unpaired) electrons. The van der Waals surface area contributed by atoms with Crippen molar-refractivity contribution in [1.29, 1.82) is 0 Å². The number of aliphatic hydroxyl groups is 1. The second-order valence-corrected chi connectivity index (χ2v) is 5.84. The summed E-state index contributed by atoms with van der Waals surface area (Å²) < 4.78 is 19.1. The predicted octanol–water partition coefficient (Wildman–Crippen LogP) is 3.37. The van der Waals surface area contributed by atoms with Crippen LogP contribution in [-0.4, -0.2) is 23.8 Å². The van der Waals surface area contributed by atoms with E-state index in [2.05, 4.69) is 10.6 Å². The molecular formula is C17H19FN2O3. The van der Waals surface area contributed by atoms with Crippen LogP contribution in [0.2, 0.25) is 0 Å². The first-order valence-corrected chi connectivity index (χ1v) is 7.68. The van der Waals surface area contributed by atoms with Crippen molar-refractivity contribution in [2.24, 2.45) is 5.92 Å². The van der Waals surface area contributed by atoms with Gasteiger partial charge in [-0.25, -0.2) is 9.18 Å². The minimum atomic E-state index is -0.508. The molecule has 5 nitrogen and oxygen atoms in total. The van der Waals surface area contributed by atoms with E-state index in [1.54, 1.807) is 18.2 Å². The Hall–Kier alpha value is -2.34. The smallest absolute Gasteiger partial charge is 0.319 e. The van der Waals surface area contributed by atoms with Crippen molar-refractivity contribution in [2.75, 3.05) is 11.9 Å². The zero-order valence-electron chi connectivity index (χ0n) is 12.6. The van der Waals surface area contributed by atoms with Crippen LogP contribution < -0.4 is 10.6 Å². The van der Waals surface area contributed by atoms with E-state index >= 15 is 0 Å². The van der Waals surface area contributed by atoms with Crippen LogP contribution in [0.1, 0.15) is 19.3 Å². The number of carbonyl (C=O) groups is 1. The Kier molecular flexibility index (Phi) is 4.62. The van der Waals surface area contributed by atoms with Crippen molar-refractivity contribution in [2.45, 2.75) is 25.4 Å². The van der Waals surface area contributed by atoms with Crippen molar-refractivity contribution >= 4 is 11.7 Å². The molecule has 1 saturated carbocycles. The summed E-state index contributed by atoms with van der Waals surface area (Å²) in [6.07, 6.45) is 3.63. The number of halogens is 1. The maximum Gasteiger partial charge on any atom is 0.319 e. The number of urea groups is 1. The van der Waals surface area contributed by atoms with Crippen molar-refractivity contribution in [3.8, 4) is 11.3 Å². The first kappa shape index (κ1) is 15.6. The van der Waals surface area contributed by atoms with Crippen LogP contribution in [0.3, 0.4) is 0 Å². The third-order valence-corrected chi connectivity index (χ3v) is 4.09. The summed E-state index contributed by atoms with van der Waals surface area (Å²) in [5.74, 6) is 0.371. The molecule has 2 aromatic rings. The first-order valence-electron chi connectivity index (χ1n) is 7.68. The van der Waals surface area contributed by atoms with Gasteiger partial charge >= 0.3 is 6.03 Å². The third kappa shape index (κ3) is 3.90. The van der Waals surface area contributed by atoms with E-state index in [0.29, 0.717) is 24.3 Å². The fraction of sp³-hybridized carbons (Fsp3) is 0.353. The minimum Gasteiger partial charge on any atom is -0.464 e. The number of furan rings is 1. The normalized spacial score (nSPS) is 20.4. The fourth-order valence-corrected chi connectivity index (χ4v) is 2.85. The van der Waals surface area contributed by atoms with Crippen LogP contribution in [0, 0.1) is 11.7 Å². The van der Waals surface area contributed by atoms with Gasteiger partial charge in [-0.1, -0.05) is 0 Å². The highest BCUT2D eigenvalue weighted by Gasteiger charge is 2.23. The van der Waals surface area contributed by atoms with Crippen molar-refractivity contribution < 1.29 is 18.7 Å². The van der Waals surface area contributed by atoms with Gasteiger partial charge in [0.15, 0.2) is 0 Å². The fourth-order valence-electron chi connectivity index (χ4n) is 2.85. The molecule has 3 rings (SSSR count). The van der Waals surface area contributed by atoms with Gasteiger partial charge < -0.3 is 20.2 Å². The Morgan fingerprint density at radius 2 is 2.22 bits per heavy atom. The van der Waals surface area contributed by atoms with Crippen molar-refractivity contribution in [1.82, 2.24) is 5.32 Å². The van der Waals surface area contributed by atoms with Gasteiger partial charge in [-0.15, -0.1) is 0 Å². The molecule has 122 valence electrons. The average Bonchev–Trinajstić information content (AvgIpc) is 3.19. The molecule has 0 spiro atoms. The van der Waals surface area contributed by atoms with Crippen LogP contribution in [0.5, 0.6) is 0 Å². The second-order valence-electron chi connectivity index (χ2n) is 5.84. The van der Waals surface area contributed by atoms with Gasteiger partial charge in [0.1, 0.15) is 11.6 Å². The molecule has 3 N–H and O–H groups in total. The second kappa shape index (κ2) is 6.83. The monoisotopic (exact) mass is 318 g/mol. The largest absolute Gasteiger partial charge is 0.464 e. The number of hydrogen-bond acceptors (Lipinski definition) is 3. The average molecular weight is 318 g/mol. The number of aliphatic hydroxyl groups excluding tert-OH is 1. The Morgan fingerprint density at radius 1 is 1.35 bits per heavy atom. The molecule has 0 saturated heterocycles. The van der Waals surface area contributed by atoms with Crippen molar-refractivity contribution in [3.05, 3.63) is 42.4 Å². The van der Waals surface area contributed by atoms with Crippen LogP contribution in [0.25, 0.3) is 11.3 Å². The summed E-state index contributed by atoms with van der Waals surface area (Å²) in [5, 5.41) is 14.7. The van der Waals surface area contributed by atoms with Gasteiger partial charge in [-0.05, 0) is 55.5 Å². The molecule has 0 aliphatic heterocycles. The van der Waals surface area contributed by atoms with E-state index in [1.165, 1.54) is 18.4 Å². The number of carbonyl (C=O) groups excluding carboxylic acids is 1. The van der Waals surface area contributed by atoms with Gasteiger partial charge in [0.2, 0.25) is 0 Å². The lowest BCUT2D eigenvalue weighted by atomic mass is 10.1. The lowest BCUT2D eigenvalue weighted by molar-refractivity contribution is 0.177. The van der Waals surface area contributed by atoms with Crippen LogP contribution in [0.4, 0.5) is 14.9 Å². The first-order chi connectivity index (χ1) is 11.1. The lowest BCUT2D eigenvalue weighted by Crippen LogP contribution is -2.32. The maximum atomic E-state index is 13.9. The molecule has 23 heavy (non-hydrogen) atoms. The van der Waals surface area contributed by atoms with E-state index in [9.17, 15) is 14.3 Å². The molecule has 1 fully saturated rings. The Labute approximate surface area is 133 Å². The molecule has 2 amide bonds. The maximum absolute atomic E-state index is 13.9. The molecule has 1 aromatic carbocycles. The standard InChI is InChI=1S/C17H19FN2O3/c18-14-6-4-12(16-2-1-7-23-16)9-15(14)20-17(22)19-10-11-3-5-13(21)8-11/h1-2,4,6-7,9,11,13,21H,3,5,8,10H2,(H2,19,20,22)/t11-,13+/m0/s1. The summed E-state index contributed by atoms with van der Waals surface area (Å²) in [6.45, 7) is 0.475.